The van der Waals surface area contributed by atoms with Crippen LogP contribution in [0.4, 0.5) is 5.69 Å². The molecule has 23 heavy (non-hydrogen) atoms. The van der Waals surface area contributed by atoms with Crippen molar-refractivity contribution in [3.8, 4) is 0 Å². The number of hydrogen-bond donors (Lipinski definition) is 1. The Morgan fingerprint density at radius 2 is 2.17 bits per heavy atom. The third kappa shape index (κ3) is 4.10. The summed E-state index contributed by atoms with van der Waals surface area (Å²) in [6, 6.07) is 7.45. The number of benzene rings is 1. The first-order valence-electron chi connectivity index (χ1n) is 7.83. The molecule has 0 radical (unpaired) electrons. The van der Waals surface area contributed by atoms with Crippen molar-refractivity contribution in [1.82, 2.24) is 14.7 Å². The highest BCUT2D eigenvalue weighted by atomic mass is 16.5. The molecule has 0 aliphatic carbocycles. The molecule has 3 rings (SSSR count). The summed E-state index contributed by atoms with van der Waals surface area (Å²) in [6.07, 6.45) is 4.19. The molecule has 2 N–H and O–H groups in total. The van der Waals surface area contributed by atoms with E-state index < -0.39 is 0 Å². The zero-order valence-electron chi connectivity index (χ0n) is 13.3. The summed E-state index contributed by atoms with van der Waals surface area (Å²) in [5.41, 5.74) is 8.49. The number of nitrogen functional groups attached to an aromatic ring is 1. The van der Waals surface area contributed by atoms with Crippen LogP contribution < -0.4 is 5.73 Å². The van der Waals surface area contributed by atoms with Crippen molar-refractivity contribution >= 4 is 11.6 Å². The second-order valence-electron chi connectivity index (χ2n) is 5.99. The van der Waals surface area contributed by atoms with Crippen LogP contribution in [0.5, 0.6) is 0 Å². The number of rotatable bonds is 4. The summed E-state index contributed by atoms with van der Waals surface area (Å²) in [4.78, 5) is 14.3. The SMILES string of the molecule is Cc1cnn(CC2CN(C(=O)Cc3ccc(N)cc3)CCO2)c1. The molecule has 2 aromatic rings. The van der Waals surface area contributed by atoms with E-state index >= 15 is 0 Å². The predicted molar refractivity (Wildman–Crippen MR) is 87.8 cm³/mol. The van der Waals surface area contributed by atoms with Gasteiger partial charge in [-0.2, -0.15) is 5.10 Å². The summed E-state index contributed by atoms with van der Waals surface area (Å²) in [6.45, 7) is 4.49. The van der Waals surface area contributed by atoms with E-state index in [9.17, 15) is 4.79 Å². The van der Waals surface area contributed by atoms with Crippen LogP contribution in [0, 0.1) is 6.92 Å². The van der Waals surface area contributed by atoms with Gasteiger partial charge in [0.1, 0.15) is 0 Å². The van der Waals surface area contributed by atoms with Gasteiger partial charge in [0.05, 0.1) is 31.9 Å². The van der Waals surface area contributed by atoms with Gasteiger partial charge in [-0.15, -0.1) is 0 Å². The van der Waals surface area contributed by atoms with Gasteiger partial charge >= 0.3 is 0 Å². The Kier molecular flexibility index (Phi) is 4.62. The van der Waals surface area contributed by atoms with Gasteiger partial charge in [-0.25, -0.2) is 0 Å². The molecule has 0 bridgehead atoms. The number of amides is 1. The fourth-order valence-corrected chi connectivity index (χ4v) is 2.75. The average molecular weight is 314 g/mol. The van der Waals surface area contributed by atoms with Gasteiger partial charge in [0.15, 0.2) is 0 Å². The number of aromatic nitrogens is 2. The third-order valence-corrected chi connectivity index (χ3v) is 3.98. The minimum atomic E-state index is -0.0154. The molecule has 1 aliphatic heterocycles. The minimum Gasteiger partial charge on any atom is -0.399 e. The molecule has 1 unspecified atom stereocenters. The molecule has 1 saturated heterocycles. The number of carbonyl (C=O) groups is 1. The van der Waals surface area contributed by atoms with Crippen molar-refractivity contribution in [2.45, 2.75) is 26.0 Å². The molecule has 1 aromatic carbocycles. The smallest absolute Gasteiger partial charge is 0.227 e. The van der Waals surface area contributed by atoms with Crippen LogP contribution >= 0.6 is 0 Å². The lowest BCUT2D eigenvalue weighted by Gasteiger charge is -2.33. The first kappa shape index (κ1) is 15.6. The van der Waals surface area contributed by atoms with Crippen molar-refractivity contribution < 1.29 is 9.53 Å². The Labute approximate surface area is 135 Å². The van der Waals surface area contributed by atoms with Crippen molar-refractivity contribution in [3.63, 3.8) is 0 Å². The fraction of sp³-hybridized carbons (Fsp3) is 0.412. The quantitative estimate of drug-likeness (QED) is 0.862. The molecule has 1 aliphatic rings. The number of anilines is 1. The number of ether oxygens (including phenoxy) is 1. The summed E-state index contributed by atoms with van der Waals surface area (Å²) in [5.74, 6) is 0.125. The van der Waals surface area contributed by atoms with Gasteiger partial charge in [-0.05, 0) is 30.2 Å². The van der Waals surface area contributed by atoms with Crippen molar-refractivity contribution in [2.24, 2.45) is 0 Å². The van der Waals surface area contributed by atoms with Crippen LogP contribution in [0.15, 0.2) is 36.7 Å². The van der Waals surface area contributed by atoms with Gasteiger partial charge in [0.2, 0.25) is 5.91 Å². The van der Waals surface area contributed by atoms with E-state index in [1.165, 1.54) is 0 Å². The summed E-state index contributed by atoms with van der Waals surface area (Å²) < 4.78 is 7.64. The summed E-state index contributed by atoms with van der Waals surface area (Å²) in [7, 11) is 0. The second kappa shape index (κ2) is 6.83. The molecule has 1 aromatic heterocycles. The maximum absolute atomic E-state index is 12.5. The van der Waals surface area contributed by atoms with Gasteiger partial charge in [-0.3, -0.25) is 9.48 Å². The van der Waals surface area contributed by atoms with Crippen LogP contribution in [0.25, 0.3) is 0 Å². The van der Waals surface area contributed by atoms with Crippen molar-refractivity contribution in [1.29, 1.82) is 0 Å². The molecule has 1 amide bonds. The molecule has 1 fully saturated rings. The third-order valence-electron chi connectivity index (χ3n) is 3.98. The van der Waals surface area contributed by atoms with Crippen molar-refractivity contribution in [3.05, 3.63) is 47.8 Å². The maximum Gasteiger partial charge on any atom is 0.227 e. The topological polar surface area (TPSA) is 73.4 Å². The average Bonchev–Trinajstić information content (AvgIpc) is 2.95. The fourth-order valence-electron chi connectivity index (χ4n) is 2.75. The van der Waals surface area contributed by atoms with Crippen molar-refractivity contribution in [2.75, 3.05) is 25.4 Å². The van der Waals surface area contributed by atoms with E-state index in [1.807, 2.05) is 53.2 Å². The molecule has 6 heteroatoms. The molecule has 1 atom stereocenters. The maximum atomic E-state index is 12.5. The highest BCUT2D eigenvalue weighted by Gasteiger charge is 2.24. The molecule has 122 valence electrons. The van der Waals surface area contributed by atoms with Gasteiger partial charge in [-0.1, -0.05) is 12.1 Å². The molecule has 0 spiro atoms. The van der Waals surface area contributed by atoms with Gasteiger partial charge in [0.25, 0.3) is 0 Å². The lowest BCUT2D eigenvalue weighted by Crippen LogP contribution is -2.47. The van der Waals surface area contributed by atoms with Crippen LogP contribution in [0.3, 0.4) is 0 Å². The predicted octanol–water partition coefficient (Wildman–Crippen LogP) is 1.24. The minimum absolute atomic E-state index is 0.0154. The number of hydrogen-bond acceptors (Lipinski definition) is 4. The Balaban J connectivity index is 1.56. The van der Waals surface area contributed by atoms with E-state index in [2.05, 4.69) is 5.10 Å². The Bertz CT molecular complexity index is 665. The van der Waals surface area contributed by atoms with Crippen LogP contribution in [0.1, 0.15) is 11.1 Å². The van der Waals surface area contributed by atoms with E-state index in [0.29, 0.717) is 38.3 Å². The number of nitrogens with zero attached hydrogens (tertiary/aromatic N) is 3. The highest BCUT2D eigenvalue weighted by Crippen LogP contribution is 2.12. The van der Waals surface area contributed by atoms with Crippen LogP contribution in [0.2, 0.25) is 0 Å². The van der Waals surface area contributed by atoms with E-state index in [4.69, 9.17) is 10.5 Å². The zero-order valence-corrected chi connectivity index (χ0v) is 13.3. The monoisotopic (exact) mass is 314 g/mol. The molecule has 6 nitrogen and oxygen atoms in total. The van der Waals surface area contributed by atoms with E-state index in [-0.39, 0.29) is 12.0 Å². The van der Waals surface area contributed by atoms with E-state index in [1.54, 1.807) is 0 Å². The standard InChI is InChI=1S/C17H22N4O2/c1-13-9-19-21(10-13)12-16-11-20(6-7-23-16)17(22)8-14-2-4-15(18)5-3-14/h2-5,9-10,16H,6-8,11-12,18H2,1H3. The van der Waals surface area contributed by atoms with Crippen LogP contribution in [-0.2, 0) is 22.5 Å². The zero-order chi connectivity index (χ0) is 16.2. The molecular weight excluding hydrogens is 292 g/mol. The molecule has 0 saturated carbocycles. The Morgan fingerprint density at radius 1 is 1.39 bits per heavy atom. The molecule has 2 heterocycles. The Hall–Kier alpha value is -2.34. The summed E-state index contributed by atoms with van der Waals surface area (Å²) in [5, 5.41) is 4.28. The van der Waals surface area contributed by atoms with Crippen LogP contribution in [-0.4, -0.2) is 46.4 Å². The molecular formula is C17H22N4O2. The number of nitrogens with two attached hydrogens (primary N) is 1. The Morgan fingerprint density at radius 3 is 2.87 bits per heavy atom. The lowest BCUT2D eigenvalue weighted by atomic mass is 10.1. The number of aryl methyl sites for hydroxylation is 1. The first-order valence-corrected chi connectivity index (χ1v) is 7.83. The van der Waals surface area contributed by atoms with Gasteiger partial charge in [0, 0.05) is 25.0 Å². The normalized spacial score (nSPS) is 18.1. The van der Waals surface area contributed by atoms with E-state index in [0.717, 1.165) is 11.1 Å². The number of morpholine rings is 1. The van der Waals surface area contributed by atoms with Gasteiger partial charge < -0.3 is 15.4 Å². The lowest BCUT2D eigenvalue weighted by molar-refractivity contribution is -0.138. The summed E-state index contributed by atoms with van der Waals surface area (Å²) >= 11 is 0. The first-order chi connectivity index (χ1) is 11.1. The number of carbonyl (C=O) groups excluding carboxylic acids is 1. The highest BCUT2D eigenvalue weighted by molar-refractivity contribution is 5.79. The largest absolute Gasteiger partial charge is 0.399 e. The second-order valence-corrected chi connectivity index (χ2v) is 5.99.